The van der Waals surface area contributed by atoms with Gasteiger partial charge in [-0.1, -0.05) is 395 Å². The number of ether oxygens (including phenoxy) is 4. The zero-order chi connectivity index (χ0) is 76.5. The van der Waals surface area contributed by atoms with E-state index in [4.69, 9.17) is 37.0 Å². The highest BCUT2D eigenvalue weighted by Gasteiger charge is 2.30. The van der Waals surface area contributed by atoms with E-state index in [2.05, 4.69) is 48.5 Å². The van der Waals surface area contributed by atoms with Crippen LogP contribution in [0, 0.1) is 17.8 Å². The highest BCUT2D eigenvalue weighted by molar-refractivity contribution is 7.47. The predicted octanol–water partition coefficient (Wildman–Crippen LogP) is 25.7. The van der Waals surface area contributed by atoms with Crippen LogP contribution in [0.5, 0.6) is 0 Å². The van der Waals surface area contributed by atoms with Crippen LogP contribution in [0.25, 0.3) is 0 Å². The van der Waals surface area contributed by atoms with Crippen LogP contribution >= 0.6 is 15.6 Å². The minimum atomic E-state index is -4.97. The second kappa shape index (κ2) is 75.1. The summed E-state index contributed by atoms with van der Waals surface area (Å²) < 4.78 is 68.9. The number of esters is 4. The van der Waals surface area contributed by atoms with Gasteiger partial charge in [0, 0.05) is 25.7 Å². The molecule has 0 heterocycles. The number of rotatable bonds is 83. The standard InChI is InChI=1S/C85H166O17P2/c1-8-9-10-11-12-13-14-15-16-22-25-31-38-45-52-59-66-82(87)95-72-80(101-84(89)68-61-54-47-39-32-26-23-20-18-17-19-21-24-29-35-42-49-56-63-76(2)3)74-99-103(91,92)97-70-79(86)71-98-104(93,94)100-75-81(73-96-83(88)67-60-53-46-41-34-37-44-51-58-65-78(6)7)102-85(90)69-62-55-48-40-33-28-27-30-36-43-50-57-64-77(4)5/h76-81,86H,8-75H2,1-7H3,(H,91,92)(H,93,94)/t79-,80-,81-/m1/s1. The monoisotopic (exact) mass is 1520 g/mol. The third kappa shape index (κ3) is 78.2. The molecule has 618 valence electrons. The van der Waals surface area contributed by atoms with Gasteiger partial charge in [0.1, 0.15) is 19.3 Å². The molecule has 0 aromatic heterocycles. The van der Waals surface area contributed by atoms with Gasteiger partial charge in [0.25, 0.3) is 0 Å². The van der Waals surface area contributed by atoms with E-state index in [0.29, 0.717) is 25.7 Å². The molecule has 17 nitrogen and oxygen atoms in total. The highest BCUT2D eigenvalue weighted by atomic mass is 31.2. The molecule has 19 heteroatoms. The Hall–Kier alpha value is -1.94. The van der Waals surface area contributed by atoms with E-state index in [0.717, 1.165) is 108 Å². The molecule has 0 aliphatic carbocycles. The van der Waals surface area contributed by atoms with Gasteiger partial charge in [0.2, 0.25) is 0 Å². The van der Waals surface area contributed by atoms with Gasteiger partial charge in [0.15, 0.2) is 12.2 Å². The fraction of sp³-hybridized carbons (Fsp3) is 0.953. The number of carbonyl (C=O) groups is 4. The summed E-state index contributed by atoms with van der Waals surface area (Å²) in [6.07, 6.45) is 65.2. The Kier molecular flexibility index (Phi) is 73.7. The minimum absolute atomic E-state index is 0.107. The zero-order valence-electron chi connectivity index (χ0n) is 68.5. The van der Waals surface area contributed by atoms with Gasteiger partial charge in [-0.15, -0.1) is 0 Å². The van der Waals surface area contributed by atoms with Gasteiger partial charge in [-0.05, 0) is 43.4 Å². The molecule has 2 unspecified atom stereocenters. The molecule has 0 saturated heterocycles. The summed E-state index contributed by atoms with van der Waals surface area (Å²) >= 11 is 0. The number of phosphoric ester groups is 2. The van der Waals surface area contributed by atoms with Crippen LogP contribution in [0.4, 0.5) is 0 Å². The second-order valence-electron chi connectivity index (χ2n) is 32.0. The Morgan fingerprint density at radius 1 is 0.260 bits per heavy atom. The van der Waals surface area contributed by atoms with Crippen molar-refractivity contribution in [2.45, 2.75) is 465 Å². The summed E-state index contributed by atoms with van der Waals surface area (Å²) in [5.41, 5.74) is 0. The van der Waals surface area contributed by atoms with E-state index in [1.165, 1.54) is 257 Å². The molecule has 0 aliphatic rings. The van der Waals surface area contributed by atoms with Crippen molar-refractivity contribution < 1.29 is 80.2 Å². The Balaban J connectivity index is 5.25. The Bertz CT molecular complexity index is 2010. The van der Waals surface area contributed by atoms with Crippen LogP contribution in [-0.4, -0.2) is 96.7 Å². The second-order valence-corrected chi connectivity index (χ2v) is 34.9. The first-order valence-corrected chi connectivity index (χ1v) is 46.8. The van der Waals surface area contributed by atoms with Crippen molar-refractivity contribution >= 4 is 39.5 Å². The number of carbonyl (C=O) groups excluding carboxylic acids is 4. The number of unbranched alkanes of at least 4 members (excludes halogenated alkanes) is 51. The van der Waals surface area contributed by atoms with Crippen molar-refractivity contribution in [2.24, 2.45) is 17.8 Å². The fourth-order valence-electron chi connectivity index (χ4n) is 13.2. The topological polar surface area (TPSA) is 237 Å². The van der Waals surface area contributed by atoms with E-state index in [-0.39, 0.29) is 25.7 Å². The van der Waals surface area contributed by atoms with Crippen LogP contribution in [0.3, 0.4) is 0 Å². The maximum atomic E-state index is 13.1. The molecule has 0 saturated carbocycles. The average molecular weight is 1520 g/mol. The minimum Gasteiger partial charge on any atom is -0.462 e. The van der Waals surface area contributed by atoms with Crippen molar-refractivity contribution in [2.75, 3.05) is 39.6 Å². The van der Waals surface area contributed by atoms with Crippen LogP contribution in [-0.2, 0) is 65.4 Å². The number of aliphatic hydroxyl groups is 1. The first kappa shape index (κ1) is 102. The van der Waals surface area contributed by atoms with Crippen molar-refractivity contribution in [3.8, 4) is 0 Å². The molecule has 0 aliphatic heterocycles. The lowest BCUT2D eigenvalue weighted by atomic mass is 10.0. The molecule has 0 fully saturated rings. The third-order valence-corrected chi connectivity index (χ3v) is 21.8. The van der Waals surface area contributed by atoms with Crippen LogP contribution < -0.4 is 0 Å². The first-order valence-electron chi connectivity index (χ1n) is 43.8. The van der Waals surface area contributed by atoms with E-state index >= 15 is 0 Å². The highest BCUT2D eigenvalue weighted by Crippen LogP contribution is 2.45. The van der Waals surface area contributed by atoms with Crippen molar-refractivity contribution in [3.63, 3.8) is 0 Å². The number of aliphatic hydroxyl groups excluding tert-OH is 1. The molecule has 0 amide bonds. The number of phosphoric acid groups is 2. The van der Waals surface area contributed by atoms with Gasteiger partial charge in [-0.25, -0.2) is 9.13 Å². The summed E-state index contributed by atoms with van der Waals surface area (Å²) in [6, 6.07) is 0. The zero-order valence-corrected chi connectivity index (χ0v) is 70.3. The molecular weight excluding hydrogens is 1350 g/mol. The number of hydrogen-bond acceptors (Lipinski definition) is 15. The van der Waals surface area contributed by atoms with Crippen LogP contribution in [0.15, 0.2) is 0 Å². The molecular formula is C85H166O17P2. The molecule has 0 rings (SSSR count). The Morgan fingerprint density at radius 2 is 0.442 bits per heavy atom. The quantitative estimate of drug-likeness (QED) is 0.0222. The van der Waals surface area contributed by atoms with Crippen molar-refractivity contribution in [1.82, 2.24) is 0 Å². The molecule has 0 aromatic carbocycles. The SMILES string of the molecule is CCCCCCCCCCCCCCCCCCC(=O)OC[C@H](COP(=O)(O)OC[C@@H](O)COP(=O)(O)OC[C@@H](COC(=O)CCCCCCCCCCCC(C)C)OC(=O)CCCCCCCCCCCCCCC(C)C)OC(=O)CCCCCCCCCCCCCCCCCCCCC(C)C. The molecule has 0 spiro atoms. The van der Waals surface area contributed by atoms with Gasteiger partial charge in [0.05, 0.1) is 26.4 Å². The van der Waals surface area contributed by atoms with Crippen molar-refractivity contribution in [1.29, 1.82) is 0 Å². The third-order valence-electron chi connectivity index (χ3n) is 19.9. The molecule has 3 N–H and O–H groups in total. The lowest BCUT2D eigenvalue weighted by Gasteiger charge is -2.21. The Labute approximate surface area is 638 Å². The molecule has 0 radical (unpaired) electrons. The fourth-order valence-corrected chi connectivity index (χ4v) is 14.8. The lowest BCUT2D eigenvalue weighted by molar-refractivity contribution is -0.161. The molecule has 0 bridgehead atoms. The first-order chi connectivity index (χ1) is 50.2. The van der Waals surface area contributed by atoms with Crippen molar-refractivity contribution in [3.05, 3.63) is 0 Å². The summed E-state index contributed by atoms with van der Waals surface area (Å²) in [7, 11) is -9.93. The molecule has 0 aromatic rings. The summed E-state index contributed by atoms with van der Waals surface area (Å²) in [6.45, 7) is 12.0. The average Bonchev–Trinajstić information content (AvgIpc) is 0.915. The van der Waals surface area contributed by atoms with Gasteiger partial charge in [-0.3, -0.25) is 37.3 Å². The van der Waals surface area contributed by atoms with Gasteiger partial charge < -0.3 is 33.8 Å². The normalized spacial score (nSPS) is 13.9. The van der Waals surface area contributed by atoms with Crippen LogP contribution in [0.1, 0.15) is 447 Å². The van der Waals surface area contributed by atoms with Crippen LogP contribution in [0.2, 0.25) is 0 Å². The summed E-state index contributed by atoms with van der Waals surface area (Å²) in [4.78, 5) is 73.2. The maximum Gasteiger partial charge on any atom is 0.472 e. The maximum absolute atomic E-state index is 13.1. The molecule has 104 heavy (non-hydrogen) atoms. The lowest BCUT2D eigenvalue weighted by Crippen LogP contribution is -2.30. The number of hydrogen-bond donors (Lipinski definition) is 3. The van der Waals surface area contributed by atoms with E-state index in [9.17, 15) is 43.2 Å². The smallest absolute Gasteiger partial charge is 0.462 e. The summed E-state index contributed by atoms with van der Waals surface area (Å²) in [5.74, 6) is 0.236. The van der Waals surface area contributed by atoms with Gasteiger partial charge >= 0.3 is 39.5 Å². The summed E-state index contributed by atoms with van der Waals surface area (Å²) in [5, 5.41) is 10.7. The predicted molar refractivity (Wildman–Crippen MR) is 428 cm³/mol. The van der Waals surface area contributed by atoms with Gasteiger partial charge in [-0.2, -0.15) is 0 Å². The largest absolute Gasteiger partial charge is 0.472 e. The van der Waals surface area contributed by atoms with E-state index < -0.39 is 97.5 Å². The van der Waals surface area contributed by atoms with E-state index in [1.54, 1.807) is 0 Å². The Morgan fingerprint density at radius 3 is 0.654 bits per heavy atom. The van der Waals surface area contributed by atoms with E-state index in [1.807, 2.05) is 0 Å². The molecule has 5 atom stereocenters.